The van der Waals surface area contributed by atoms with E-state index in [9.17, 15) is 9.18 Å². The fourth-order valence-corrected chi connectivity index (χ4v) is 2.22. The van der Waals surface area contributed by atoms with E-state index in [1.54, 1.807) is 6.07 Å². The van der Waals surface area contributed by atoms with Crippen LogP contribution in [0.25, 0.3) is 0 Å². The number of hydrogen-bond acceptors (Lipinski definition) is 2. The van der Waals surface area contributed by atoms with Crippen LogP contribution in [0.5, 0.6) is 5.75 Å². The number of benzene rings is 1. The average Bonchev–Trinajstić information content (AvgIpc) is 2.37. The quantitative estimate of drug-likeness (QED) is 0.819. The lowest BCUT2D eigenvalue weighted by molar-refractivity contribution is 0.0928. The summed E-state index contributed by atoms with van der Waals surface area (Å²) in [7, 11) is 1.42. The Hall–Kier alpha value is -1.10. The highest BCUT2D eigenvalue weighted by Gasteiger charge is 2.19. The van der Waals surface area contributed by atoms with E-state index in [-0.39, 0.29) is 17.4 Å². The molecule has 0 saturated heterocycles. The highest BCUT2D eigenvalue weighted by Crippen LogP contribution is 2.21. The summed E-state index contributed by atoms with van der Waals surface area (Å²) in [6.45, 7) is 1.98. The summed E-state index contributed by atoms with van der Waals surface area (Å²) in [5.41, 5.74) is -0.0342. The lowest BCUT2D eigenvalue weighted by atomic mass is 10.1. The van der Waals surface area contributed by atoms with Gasteiger partial charge in [-0.25, -0.2) is 4.39 Å². The first-order chi connectivity index (χ1) is 8.63. The third kappa shape index (κ3) is 3.70. The SMILES string of the molecule is CCC(CCBr)NC(=O)c1c(F)cccc1OC. The summed E-state index contributed by atoms with van der Waals surface area (Å²) in [6, 6.07) is 4.37. The van der Waals surface area contributed by atoms with Gasteiger partial charge in [0.1, 0.15) is 17.1 Å². The van der Waals surface area contributed by atoms with E-state index >= 15 is 0 Å². The Morgan fingerprint density at radius 3 is 2.83 bits per heavy atom. The summed E-state index contributed by atoms with van der Waals surface area (Å²) in [4.78, 5) is 12.0. The van der Waals surface area contributed by atoms with Crippen molar-refractivity contribution in [2.24, 2.45) is 0 Å². The number of ether oxygens (including phenoxy) is 1. The van der Waals surface area contributed by atoms with Gasteiger partial charge >= 0.3 is 0 Å². The number of hydrogen-bond donors (Lipinski definition) is 1. The maximum absolute atomic E-state index is 13.7. The number of carbonyl (C=O) groups excluding carboxylic acids is 1. The van der Waals surface area contributed by atoms with Crippen molar-refractivity contribution in [3.63, 3.8) is 0 Å². The van der Waals surface area contributed by atoms with Gasteiger partial charge in [0.25, 0.3) is 5.91 Å². The Morgan fingerprint density at radius 1 is 1.56 bits per heavy atom. The van der Waals surface area contributed by atoms with Crippen molar-refractivity contribution in [3.8, 4) is 5.75 Å². The lowest BCUT2D eigenvalue weighted by Crippen LogP contribution is -2.35. The predicted octanol–water partition coefficient (Wildman–Crippen LogP) is 3.13. The Labute approximate surface area is 115 Å². The van der Waals surface area contributed by atoms with Gasteiger partial charge in [-0.15, -0.1) is 0 Å². The summed E-state index contributed by atoms with van der Waals surface area (Å²) >= 11 is 3.33. The van der Waals surface area contributed by atoms with Crippen molar-refractivity contribution in [2.75, 3.05) is 12.4 Å². The lowest BCUT2D eigenvalue weighted by Gasteiger charge is -2.17. The molecule has 0 aliphatic rings. The second-order valence-electron chi connectivity index (χ2n) is 3.87. The summed E-state index contributed by atoms with van der Waals surface area (Å²) in [5.74, 6) is -0.750. The Morgan fingerprint density at radius 2 is 2.28 bits per heavy atom. The zero-order valence-corrected chi connectivity index (χ0v) is 12.1. The van der Waals surface area contributed by atoms with Gasteiger partial charge < -0.3 is 10.1 Å². The molecule has 0 bridgehead atoms. The summed E-state index contributed by atoms with van der Waals surface area (Å²) in [5, 5.41) is 3.60. The molecule has 5 heteroatoms. The van der Waals surface area contributed by atoms with Gasteiger partial charge in [0.2, 0.25) is 0 Å². The number of methoxy groups -OCH3 is 1. The normalized spacial score (nSPS) is 12.0. The molecular weight excluding hydrogens is 301 g/mol. The molecule has 0 saturated carbocycles. The fraction of sp³-hybridized carbons (Fsp3) is 0.462. The molecule has 18 heavy (non-hydrogen) atoms. The summed E-state index contributed by atoms with van der Waals surface area (Å²) < 4.78 is 18.7. The third-order valence-corrected chi connectivity index (χ3v) is 3.17. The zero-order chi connectivity index (χ0) is 13.5. The number of carbonyl (C=O) groups is 1. The van der Waals surface area contributed by atoms with Gasteiger partial charge in [0.15, 0.2) is 0 Å². The maximum Gasteiger partial charge on any atom is 0.258 e. The van der Waals surface area contributed by atoms with Gasteiger partial charge in [0.05, 0.1) is 7.11 Å². The van der Waals surface area contributed by atoms with Crippen molar-refractivity contribution in [1.29, 1.82) is 0 Å². The molecule has 0 aliphatic heterocycles. The van der Waals surface area contributed by atoms with Crippen LogP contribution >= 0.6 is 15.9 Å². The largest absolute Gasteiger partial charge is 0.496 e. The van der Waals surface area contributed by atoms with E-state index in [0.717, 1.165) is 18.2 Å². The number of amides is 1. The number of alkyl halides is 1. The first-order valence-electron chi connectivity index (χ1n) is 5.83. The highest BCUT2D eigenvalue weighted by molar-refractivity contribution is 9.09. The molecule has 1 atom stereocenters. The predicted molar refractivity (Wildman–Crippen MR) is 72.9 cm³/mol. The van der Waals surface area contributed by atoms with Crippen LogP contribution in [-0.4, -0.2) is 24.4 Å². The second-order valence-corrected chi connectivity index (χ2v) is 4.67. The molecule has 1 rings (SSSR count). The monoisotopic (exact) mass is 317 g/mol. The minimum atomic E-state index is -0.569. The van der Waals surface area contributed by atoms with Gasteiger partial charge in [-0.05, 0) is 25.0 Å². The van der Waals surface area contributed by atoms with Crippen LogP contribution in [0.2, 0.25) is 0 Å². The van der Waals surface area contributed by atoms with E-state index in [0.29, 0.717) is 0 Å². The van der Waals surface area contributed by atoms with E-state index in [2.05, 4.69) is 21.2 Å². The molecule has 100 valence electrons. The molecule has 1 N–H and O–H groups in total. The Balaban J connectivity index is 2.89. The van der Waals surface area contributed by atoms with Crippen molar-refractivity contribution in [1.82, 2.24) is 5.32 Å². The van der Waals surface area contributed by atoms with Gasteiger partial charge in [-0.1, -0.05) is 28.9 Å². The zero-order valence-electron chi connectivity index (χ0n) is 10.5. The number of nitrogens with one attached hydrogen (secondary N) is 1. The Bertz CT molecular complexity index is 412. The average molecular weight is 318 g/mol. The van der Waals surface area contributed by atoms with Crippen LogP contribution in [0.4, 0.5) is 4.39 Å². The molecule has 0 heterocycles. The Kier molecular flexibility index (Phi) is 6.12. The molecule has 0 fully saturated rings. The number of rotatable bonds is 6. The highest BCUT2D eigenvalue weighted by atomic mass is 79.9. The standard InChI is InChI=1S/C13H17BrFNO2/c1-3-9(7-8-14)16-13(17)12-10(15)5-4-6-11(12)18-2/h4-6,9H,3,7-8H2,1-2H3,(H,16,17). The molecule has 0 spiro atoms. The first kappa shape index (κ1) is 15.0. The van der Waals surface area contributed by atoms with E-state index < -0.39 is 11.7 Å². The van der Waals surface area contributed by atoms with Gasteiger partial charge in [-0.3, -0.25) is 4.79 Å². The van der Waals surface area contributed by atoms with E-state index in [1.807, 2.05) is 6.92 Å². The van der Waals surface area contributed by atoms with E-state index in [4.69, 9.17) is 4.74 Å². The third-order valence-electron chi connectivity index (χ3n) is 2.71. The first-order valence-corrected chi connectivity index (χ1v) is 6.95. The molecule has 1 amide bonds. The maximum atomic E-state index is 13.7. The van der Waals surface area contributed by atoms with Crippen LogP contribution < -0.4 is 10.1 Å². The van der Waals surface area contributed by atoms with Crippen LogP contribution in [0.3, 0.4) is 0 Å². The van der Waals surface area contributed by atoms with Crippen LogP contribution in [0.15, 0.2) is 18.2 Å². The van der Waals surface area contributed by atoms with Crippen LogP contribution in [-0.2, 0) is 0 Å². The van der Waals surface area contributed by atoms with Crippen molar-refractivity contribution < 1.29 is 13.9 Å². The topological polar surface area (TPSA) is 38.3 Å². The molecule has 0 radical (unpaired) electrons. The smallest absolute Gasteiger partial charge is 0.258 e. The molecule has 1 unspecified atom stereocenters. The minimum absolute atomic E-state index is 0.0289. The molecular formula is C13H17BrFNO2. The van der Waals surface area contributed by atoms with Crippen molar-refractivity contribution in [2.45, 2.75) is 25.8 Å². The van der Waals surface area contributed by atoms with Crippen LogP contribution in [0, 0.1) is 5.82 Å². The molecule has 1 aromatic rings. The van der Waals surface area contributed by atoms with Crippen molar-refractivity contribution in [3.05, 3.63) is 29.6 Å². The summed E-state index contributed by atoms with van der Waals surface area (Å²) in [6.07, 6.45) is 1.60. The minimum Gasteiger partial charge on any atom is -0.496 e. The molecule has 3 nitrogen and oxygen atoms in total. The fourth-order valence-electron chi connectivity index (χ4n) is 1.66. The molecule has 0 aromatic heterocycles. The van der Waals surface area contributed by atoms with E-state index in [1.165, 1.54) is 19.2 Å². The van der Waals surface area contributed by atoms with Crippen molar-refractivity contribution >= 4 is 21.8 Å². The van der Waals surface area contributed by atoms with Gasteiger partial charge in [-0.2, -0.15) is 0 Å². The second kappa shape index (κ2) is 7.36. The van der Waals surface area contributed by atoms with Gasteiger partial charge in [0, 0.05) is 11.4 Å². The molecule has 0 aliphatic carbocycles. The number of halogens is 2. The van der Waals surface area contributed by atoms with Crippen LogP contribution in [0.1, 0.15) is 30.1 Å². The molecule has 1 aromatic carbocycles.